The number of rotatable bonds is 3. The van der Waals surface area contributed by atoms with Crippen molar-refractivity contribution in [1.29, 1.82) is 0 Å². The Morgan fingerprint density at radius 3 is 2.64 bits per heavy atom. The molecule has 22 heavy (non-hydrogen) atoms. The lowest BCUT2D eigenvalue weighted by molar-refractivity contribution is 0.147. The number of hydrogen-bond donors (Lipinski definition) is 1. The zero-order valence-electron chi connectivity index (χ0n) is 13.7. The quantitative estimate of drug-likeness (QED) is 0.932. The highest BCUT2D eigenvalue weighted by molar-refractivity contribution is 5.74. The van der Waals surface area contributed by atoms with E-state index in [2.05, 4.69) is 24.1 Å². The van der Waals surface area contributed by atoms with Crippen LogP contribution in [0.3, 0.4) is 0 Å². The maximum Gasteiger partial charge on any atom is 0.317 e. The molecule has 4 nitrogen and oxygen atoms in total. The molecule has 120 valence electrons. The Kier molecular flexibility index (Phi) is 4.67. The molecule has 2 unspecified atom stereocenters. The molecule has 2 aliphatic heterocycles. The van der Waals surface area contributed by atoms with Gasteiger partial charge in [-0.1, -0.05) is 30.3 Å². The van der Waals surface area contributed by atoms with Crippen molar-refractivity contribution in [3.8, 4) is 0 Å². The molecule has 2 saturated heterocycles. The zero-order chi connectivity index (χ0) is 15.5. The first-order chi connectivity index (χ1) is 10.6. The fraction of sp³-hybridized carbons (Fsp3) is 0.611. The summed E-state index contributed by atoms with van der Waals surface area (Å²) in [6.07, 6.45) is 3.63. The minimum Gasteiger partial charge on any atom is -0.334 e. The minimum atomic E-state index is 0.0834. The third-order valence-corrected chi connectivity index (χ3v) is 5.01. The van der Waals surface area contributed by atoms with Crippen LogP contribution in [0.4, 0.5) is 4.79 Å². The van der Waals surface area contributed by atoms with E-state index in [0.29, 0.717) is 24.7 Å². The summed E-state index contributed by atoms with van der Waals surface area (Å²) in [6.45, 7) is 6.91. The van der Waals surface area contributed by atoms with Crippen molar-refractivity contribution in [3.63, 3.8) is 0 Å². The number of nitrogens with zero attached hydrogens (tertiary/aromatic N) is 2. The molecule has 1 N–H and O–H groups in total. The first-order valence-electron chi connectivity index (χ1n) is 8.49. The Labute approximate surface area is 133 Å². The van der Waals surface area contributed by atoms with Gasteiger partial charge in [0.25, 0.3) is 0 Å². The highest BCUT2D eigenvalue weighted by atomic mass is 16.2. The summed E-state index contributed by atoms with van der Waals surface area (Å²) in [4.78, 5) is 17.1. The van der Waals surface area contributed by atoms with Crippen LogP contribution in [0.25, 0.3) is 0 Å². The van der Waals surface area contributed by atoms with Crippen molar-refractivity contribution in [2.75, 3.05) is 13.1 Å². The molecule has 2 bridgehead atoms. The zero-order valence-corrected chi connectivity index (χ0v) is 13.7. The van der Waals surface area contributed by atoms with E-state index >= 15 is 0 Å². The smallest absolute Gasteiger partial charge is 0.317 e. The summed E-state index contributed by atoms with van der Waals surface area (Å²) in [7, 11) is 0. The van der Waals surface area contributed by atoms with E-state index in [-0.39, 0.29) is 6.03 Å². The number of hydrogen-bond acceptors (Lipinski definition) is 2. The van der Waals surface area contributed by atoms with Gasteiger partial charge in [0.05, 0.1) is 0 Å². The van der Waals surface area contributed by atoms with E-state index in [1.165, 1.54) is 12.8 Å². The topological polar surface area (TPSA) is 35.6 Å². The van der Waals surface area contributed by atoms with Crippen LogP contribution in [0.2, 0.25) is 0 Å². The number of carbonyl (C=O) groups excluding carboxylic acids is 1. The van der Waals surface area contributed by atoms with Crippen molar-refractivity contribution in [2.45, 2.75) is 57.8 Å². The monoisotopic (exact) mass is 301 g/mol. The highest BCUT2D eigenvalue weighted by Crippen LogP contribution is 2.31. The lowest BCUT2D eigenvalue weighted by atomic mass is 10.1. The van der Waals surface area contributed by atoms with E-state index < -0.39 is 0 Å². The van der Waals surface area contributed by atoms with E-state index in [1.54, 1.807) is 0 Å². The number of fused-ring (bicyclic) bond motifs is 2. The average molecular weight is 301 g/mol. The van der Waals surface area contributed by atoms with Crippen LogP contribution < -0.4 is 5.32 Å². The van der Waals surface area contributed by atoms with Gasteiger partial charge in [-0.05, 0) is 38.7 Å². The third-order valence-electron chi connectivity index (χ3n) is 5.01. The van der Waals surface area contributed by atoms with E-state index in [4.69, 9.17) is 0 Å². The Hall–Kier alpha value is -1.55. The predicted octanol–water partition coefficient (Wildman–Crippen LogP) is 2.84. The second-order valence-electron chi connectivity index (χ2n) is 6.80. The number of urea groups is 1. The summed E-state index contributed by atoms with van der Waals surface area (Å²) in [5.41, 5.74) is 1.15. The molecule has 0 aliphatic carbocycles. The van der Waals surface area contributed by atoms with Gasteiger partial charge in [-0.2, -0.15) is 0 Å². The number of likely N-dealkylation sites (tertiary alicyclic amines) is 1. The van der Waals surface area contributed by atoms with E-state index in [1.807, 2.05) is 35.2 Å². The van der Waals surface area contributed by atoms with Gasteiger partial charge in [0.1, 0.15) is 0 Å². The normalized spacial score (nSPS) is 25.3. The summed E-state index contributed by atoms with van der Waals surface area (Å²) in [5.74, 6) is 0. The van der Waals surface area contributed by atoms with Gasteiger partial charge in [0, 0.05) is 37.8 Å². The minimum absolute atomic E-state index is 0.0834. The lowest BCUT2D eigenvalue weighted by Gasteiger charge is -2.32. The second-order valence-corrected chi connectivity index (χ2v) is 6.80. The molecule has 2 fully saturated rings. The Morgan fingerprint density at radius 1 is 1.18 bits per heavy atom. The van der Waals surface area contributed by atoms with Crippen molar-refractivity contribution < 1.29 is 4.79 Å². The number of nitrogens with one attached hydrogen (secondary N) is 1. The Balaban J connectivity index is 1.58. The lowest BCUT2D eigenvalue weighted by Crippen LogP contribution is -2.46. The molecule has 2 heterocycles. The van der Waals surface area contributed by atoms with Crippen LogP contribution in [0.15, 0.2) is 30.3 Å². The summed E-state index contributed by atoms with van der Waals surface area (Å²) < 4.78 is 0. The van der Waals surface area contributed by atoms with Gasteiger partial charge >= 0.3 is 6.03 Å². The summed E-state index contributed by atoms with van der Waals surface area (Å²) >= 11 is 0. The van der Waals surface area contributed by atoms with Crippen molar-refractivity contribution in [2.24, 2.45) is 0 Å². The van der Waals surface area contributed by atoms with Crippen LogP contribution in [-0.4, -0.2) is 47.0 Å². The summed E-state index contributed by atoms with van der Waals surface area (Å²) in [5, 5.41) is 3.07. The van der Waals surface area contributed by atoms with Crippen molar-refractivity contribution in [3.05, 3.63) is 35.9 Å². The molecule has 0 aromatic heterocycles. The van der Waals surface area contributed by atoms with Gasteiger partial charge in [-0.15, -0.1) is 0 Å². The fourth-order valence-electron chi connectivity index (χ4n) is 4.02. The Morgan fingerprint density at radius 2 is 1.91 bits per heavy atom. The van der Waals surface area contributed by atoms with Crippen LogP contribution in [0.5, 0.6) is 0 Å². The molecule has 0 saturated carbocycles. The van der Waals surface area contributed by atoms with Gasteiger partial charge in [-0.3, -0.25) is 4.90 Å². The first kappa shape index (κ1) is 15.3. The van der Waals surface area contributed by atoms with E-state index in [0.717, 1.165) is 25.1 Å². The van der Waals surface area contributed by atoms with Crippen LogP contribution >= 0.6 is 0 Å². The van der Waals surface area contributed by atoms with E-state index in [9.17, 15) is 4.79 Å². The molecule has 1 aromatic carbocycles. The maximum atomic E-state index is 12.5. The van der Waals surface area contributed by atoms with Gasteiger partial charge in [0.15, 0.2) is 0 Å². The van der Waals surface area contributed by atoms with Crippen molar-refractivity contribution in [1.82, 2.24) is 15.1 Å². The molecule has 4 heteroatoms. The first-order valence-corrected chi connectivity index (χ1v) is 8.49. The summed E-state index contributed by atoms with van der Waals surface area (Å²) in [6, 6.07) is 12.0. The molecule has 2 aliphatic rings. The molecule has 2 amide bonds. The molecule has 2 atom stereocenters. The second kappa shape index (κ2) is 6.69. The Bertz CT molecular complexity index is 502. The van der Waals surface area contributed by atoms with Crippen LogP contribution in [-0.2, 0) is 6.54 Å². The van der Waals surface area contributed by atoms with Crippen molar-refractivity contribution >= 4 is 6.03 Å². The predicted molar refractivity (Wildman–Crippen MR) is 88.7 cm³/mol. The maximum absolute atomic E-state index is 12.5. The molecule has 3 rings (SSSR count). The number of amides is 2. The SMILES string of the molecule is CC(C)N1C2CCC1CN(C(=O)NCc1ccccc1)CC2. The highest BCUT2D eigenvalue weighted by Gasteiger charge is 2.39. The molecule has 0 spiro atoms. The van der Waals surface area contributed by atoms with Crippen LogP contribution in [0.1, 0.15) is 38.7 Å². The van der Waals surface area contributed by atoms with Gasteiger partial charge in [-0.25, -0.2) is 4.79 Å². The molecular formula is C18H27N3O. The number of benzene rings is 1. The standard InChI is InChI=1S/C18H27N3O/c1-14(2)21-16-8-9-17(21)13-20(11-10-16)18(22)19-12-15-6-4-3-5-7-15/h3-7,14,16-17H,8-13H2,1-2H3,(H,19,22). The van der Waals surface area contributed by atoms with Gasteiger partial charge in [0.2, 0.25) is 0 Å². The fourth-order valence-corrected chi connectivity index (χ4v) is 4.02. The van der Waals surface area contributed by atoms with Gasteiger partial charge < -0.3 is 10.2 Å². The third kappa shape index (κ3) is 3.27. The van der Waals surface area contributed by atoms with Crippen LogP contribution in [0, 0.1) is 0 Å². The molecule has 0 radical (unpaired) electrons. The largest absolute Gasteiger partial charge is 0.334 e. The average Bonchev–Trinajstić information content (AvgIpc) is 2.80. The number of carbonyl (C=O) groups is 1. The molecule has 1 aromatic rings. The molecular weight excluding hydrogens is 274 g/mol.